The van der Waals surface area contributed by atoms with Gasteiger partial charge in [-0.3, -0.25) is 14.5 Å². The first kappa shape index (κ1) is 9.96. The topological polar surface area (TPSA) is 37.4 Å². The molecule has 3 nitrogen and oxygen atoms in total. The third-order valence-corrected chi connectivity index (χ3v) is 2.72. The third kappa shape index (κ3) is 1.79. The minimum atomic E-state index is -0.183. The average Bonchev–Trinajstić information content (AvgIpc) is 2.44. The van der Waals surface area contributed by atoms with Crippen molar-refractivity contribution in [1.29, 1.82) is 0 Å². The standard InChI is InChI=1S/C10H15NO2/c1-4-7(2)8(3)11-9(12)5-6-10(11)13/h5-8H,4H2,1-3H3. The molecule has 0 aliphatic carbocycles. The number of imide groups is 1. The maximum absolute atomic E-state index is 11.3. The van der Waals surface area contributed by atoms with Crippen LogP contribution in [0.1, 0.15) is 27.2 Å². The Morgan fingerprint density at radius 3 is 2.08 bits per heavy atom. The highest BCUT2D eigenvalue weighted by Gasteiger charge is 2.30. The molecule has 0 spiro atoms. The van der Waals surface area contributed by atoms with Gasteiger partial charge in [0.15, 0.2) is 0 Å². The quantitative estimate of drug-likeness (QED) is 0.616. The van der Waals surface area contributed by atoms with Crippen LogP contribution in [0.15, 0.2) is 12.2 Å². The van der Waals surface area contributed by atoms with Gasteiger partial charge in [-0.25, -0.2) is 0 Å². The lowest BCUT2D eigenvalue weighted by atomic mass is 9.99. The van der Waals surface area contributed by atoms with E-state index in [4.69, 9.17) is 0 Å². The molecule has 0 saturated carbocycles. The van der Waals surface area contributed by atoms with Crippen LogP contribution < -0.4 is 0 Å². The average molecular weight is 181 g/mol. The largest absolute Gasteiger partial charge is 0.272 e. The van der Waals surface area contributed by atoms with Crippen molar-refractivity contribution >= 4 is 11.8 Å². The Kier molecular flexibility index (Phi) is 2.86. The number of nitrogens with zero attached hydrogens (tertiary/aromatic N) is 1. The fraction of sp³-hybridized carbons (Fsp3) is 0.600. The molecule has 3 heteroatoms. The van der Waals surface area contributed by atoms with Crippen LogP contribution in [-0.4, -0.2) is 22.8 Å². The molecule has 0 fully saturated rings. The second-order valence-corrected chi connectivity index (χ2v) is 3.51. The smallest absolute Gasteiger partial charge is 0.253 e. The van der Waals surface area contributed by atoms with Gasteiger partial charge in [0, 0.05) is 18.2 Å². The fourth-order valence-corrected chi connectivity index (χ4v) is 1.41. The van der Waals surface area contributed by atoms with Crippen molar-refractivity contribution in [3.8, 4) is 0 Å². The van der Waals surface area contributed by atoms with Crippen LogP contribution in [0.3, 0.4) is 0 Å². The van der Waals surface area contributed by atoms with Crippen LogP contribution in [0.4, 0.5) is 0 Å². The van der Waals surface area contributed by atoms with Gasteiger partial charge in [0.1, 0.15) is 0 Å². The number of carbonyl (C=O) groups is 2. The lowest BCUT2D eigenvalue weighted by Gasteiger charge is -2.27. The Morgan fingerprint density at radius 1 is 1.23 bits per heavy atom. The van der Waals surface area contributed by atoms with E-state index in [-0.39, 0.29) is 17.9 Å². The van der Waals surface area contributed by atoms with E-state index in [1.54, 1.807) is 0 Å². The molecule has 1 aliphatic rings. The minimum Gasteiger partial charge on any atom is -0.272 e. The zero-order valence-corrected chi connectivity index (χ0v) is 8.28. The molecule has 2 atom stereocenters. The van der Waals surface area contributed by atoms with E-state index in [1.807, 2.05) is 13.8 Å². The van der Waals surface area contributed by atoms with Crippen LogP contribution in [0, 0.1) is 5.92 Å². The highest BCUT2D eigenvalue weighted by atomic mass is 16.2. The molecule has 0 bridgehead atoms. The van der Waals surface area contributed by atoms with E-state index in [0.717, 1.165) is 6.42 Å². The molecule has 1 rings (SSSR count). The van der Waals surface area contributed by atoms with E-state index < -0.39 is 0 Å². The first-order valence-electron chi connectivity index (χ1n) is 4.63. The molecule has 2 amide bonds. The molecule has 72 valence electrons. The van der Waals surface area contributed by atoms with Gasteiger partial charge in [-0.2, -0.15) is 0 Å². The zero-order valence-electron chi connectivity index (χ0n) is 8.28. The summed E-state index contributed by atoms with van der Waals surface area (Å²) in [5.74, 6) is -0.0107. The molecule has 0 aromatic carbocycles. The maximum atomic E-state index is 11.3. The second kappa shape index (κ2) is 3.73. The van der Waals surface area contributed by atoms with E-state index in [2.05, 4.69) is 6.92 Å². The van der Waals surface area contributed by atoms with Gasteiger partial charge >= 0.3 is 0 Å². The van der Waals surface area contributed by atoms with Crippen LogP contribution >= 0.6 is 0 Å². The van der Waals surface area contributed by atoms with E-state index in [1.165, 1.54) is 17.1 Å². The van der Waals surface area contributed by atoms with Gasteiger partial charge in [0.2, 0.25) is 0 Å². The molecule has 0 aromatic heterocycles. The third-order valence-electron chi connectivity index (χ3n) is 2.72. The Balaban J connectivity index is 2.72. The first-order chi connectivity index (χ1) is 6.07. The lowest BCUT2D eigenvalue weighted by Crippen LogP contribution is -2.41. The fourth-order valence-electron chi connectivity index (χ4n) is 1.41. The van der Waals surface area contributed by atoms with Crippen molar-refractivity contribution < 1.29 is 9.59 Å². The number of hydrogen-bond donors (Lipinski definition) is 0. The predicted molar refractivity (Wildman–Crippen MR) is 49.9 cm³/mol. The summed E-state index contributed by atoms with van der Waals surface area (Å²) in [6.45, 7) is 6.01. The highest BCUT2D eigenvalue weighted by molar-refractivity contribution is 6.13. The summed E-state index contributed by atoms with van der Waals surface area (Å²) in [4.78, 5) is 23.9. The Bertz CT molecular complexity index is 240. The SMILES string of the molecule is CCC(C)C(C)N1C(=O)C=CC1=O. The molecule has 1 heterocycles. The summed E-state index contributed by atoms with van der Waals surface area (Å²) in [5.41, 5.74) is 0. The van der Waals surface area contributed by atoms with Crippen molar-refractivity contribution in [2.24, 2.45) is 5.92 Å². The maximum Gasteiger partial charge on any atom is 0.253 e. The van der Waals surface area contributed by atoms with E-state index in [9.17, 15) is 9.59 Å². The predicted octanol–water partition coefficient (Wildman–Crippen LogP) is 1.35. The van der Waals surface area contributed by atoms with Gasteiger partial charge in [-0.05, 0) is 12.8 Å². The lowest BCUT2D eigenvalue weighted by molar-refractivity contribution is -0.140. The summed E-state index contributed by atoms with van der Waals surface area (Å²) in [5, 5.41) is 0. The Hall–Kier alpha value is -1.12. The van der Waals surface area contributed by atoms with Crippen LogP contribution in [0.5, 0.6) is 0 Å². The molecule has 0 saturated heterocycles. The monoisotopic (exact) mass is 181 g/mol. The van der Waals surface area contributed by atoms with Crippen LogP contribution in [0.25, 0.3) is 0 Å². The van der Waals surface area contributed by atoms with Gasteiger partial charge in [0.05, 0.1) is 0 Å². The number of hydrogen-bond acceptors (Lipinski definition) is 2. The first-order valence-corrected chi connectivity index (χ1v) is 4.63. The number of rotatable bonds is 3. The summed E-state index contributed by atoms with van der Waals surface area (Å²) in [7, 11) is 0. The molecule has 0 aromatic rings. The van der Waals surface area contributed by atoms with E-state index >= 15 is 0 Å². The number of amides is 2. The molecule has 0 N–H and O–H groups in total. The summed E-state index contributed by atoms with van der Waals surface area (Å²) < 4.78 is 0. The second-order valence-electron chi connectivity index (χ2n) is 3.51. The summed E-state index contributed by atoms with van der Waals surface area (Å²) >= 11 is 0. The molecule has 1 aliphatic heterocycles. The van der Waals surface area contributed by atoms with Crippen molar-refractivity contribution in [2.75, 3.05) is 0 Å². The number of carbonyl (C=O) groups excluding carboxylic acids is 2. The van der Waals surface area contributed by atoms with Gasteiger partial charge in [-0.15, -0.1) is 0 Å². The van der Waals surface area contributed by atoms with Crippen LogP contribution in [-0.2, 0) is 9.59 Å². The van der Waals surface area contributed by atoms with Crippen molar-refractivity contribution in [2.45, 2.75) is 33.2 Å². The Morgan fingerprint density at radius 2 is 1.69 bits per heavy atom. The van der Waals surface area contributed by atoms with Gasteiger partial charge in [0.25, 0.3) is 11.8 Å². The summed E-state index contributed by atoms with van der Waals surface area (Å²) in [6.07, 6.45) is 3.64. The molecule has 13 heavy (non-hydrogen) atoms. The van der Waals surface area contributed by atoms with Gasteiger partial charge < -0.3 is 0 Å². The molecular weight excluding hydrogens is 166 g/mol. The van der Waals surface area contributed by atoms with Crippen LogP contribution in [0.2, 0.25) is 0 Å². The van der Waals surface area contributed by atoms with Crippen molar-refractivity contribution in [1.82, 2.24) is 4.90 Å². The Labute approximate surface area is 78.4 Å². The summed E-state index contributed by atoms with van der Waals surface area (Å²) in [6, 6.07) is -0.000000000000000222. The minimum absolute atomic E-state index is 0.000000000000000222. The molecule has 2 unspecified atom stereocenters. The van der Waals surface area contributed by atoms with Crippen molar-refractivity contribution in [3.05, 3.63) is 12.2 Å². The normalized spacial score (nSPS) is 21.0. The molecular formula is C10H15NO2. The highest BCUT2D eigenvalue weighted by Crippen LogP contribution is 2.17. The van der Waals surface area contributed by atoms with Crippen molar-refractivity contribution in [3.63, 3.8) is 0 Å². The van der Waals surface area contributed by atoms with E-state index in [0.29, 0.717) is 5.92 Å². The molecule has 0 radical (unpaired) electrons. The van der Waals surface area contributed by atoms with Gasteiger partial charge in [-0.1, -0.05) is 20.3 Å². The zero-order chi connectivity index (χ0) is 10.0.